The highest BCUT2D eigenvalue weighted by Gasteiger charge is 2.19. The van der Waals surface area contributed by atoms with Gasteiger partial charge in [0.25, 0.3) is 10.1 Å². The van der Waals surface area contributed by atoms with Gasteiger partial charge in [-0.05, 0) is 43.2 Å². The molecule has 0 aliphatic carbocycles. The molecule has 2 rings (SSSR count). The van der Waals surface area contributed by atoms with Crippen LogP contribution in [0, 0.1) is 0 Å². The molecule has 2 aromatic rings. The van der Waals surface area contributed by atoms with E-state index in [1.165, 1.54) is 24.3 Å². The van der Waals surface area contributed by atoms with E-state index in [2.05, 4.69) is 0 Å². The number of hydrogen-bond donors (Lipinski definition) is 0. The lowest BCUT2D eigenvalue weighted by Gasteiger charge is -2.13. The zero-order chi connectivity index (χ0) is 14.6. The maximum absolute atomic E-state index is 12.1. The van der Waals surface area contributed by atoms with Gasteiger partial charge in [-0.15, -0.1) is 0 Å². The lowest BCUT2D eigenvalue weighted by molar-refractivity contribution is 0.229. The van der Waals surface area contributed by atoms with E-state index in [0.717, 1.165) is 5.56 Å². The molecule has 0 saturated carbocycles. The molecule has 0 aromatic heterocycles. The number of benzene rings is 2. The van der Waals surface area contributed by atoms with Gasteiger partial charge >= 0.3 is 0 Å². The predicted molar refractivity (Wildman–Crippen MR) is 79.3 cm³/mol. The monoisotopic (exact) mass is 310 g/mol. The second-order valence-corrected chi connectivity index (χ2v) is 6.51. The Morgan fingerprint density at radius 1 is 1.05 bits per heavy atom. The number of rotatable bonds is 5. The molecule has 2 aromatic carbocycles. The average Bonchev–Trinajstić information content (AvgIpc) is 2.39. The molecule has 1 atom stereocenters. The standard InChI is InChI=1S/C15H15ClO3S/c1-12(11-13-5-3-2-4-6-13)19-20(17,18)15-9-7-14(16)8-10-15/h2-10,12H,11H2,1H3. The fraction of sp³-hybridized carbons (Fsp3) is 0.200. The predicted octanol–water partition coefficient (Wildman–Crippen LogP) is 3.68. The minimum Gasteiger partial charge on any atom is -0.263 e. The molecule has 0 aliphatic heterocycles. The average molecular weight is 311 g/mol. The lowest BCUT2D eigenvalue weighted by Crippen LogP contribution is -2.17. The summed E-state index contributed by atoms with van der Waals surface area (Å²) in [6.45, 7) is 1.74. The third-order valence-electron chi connectivity index (χ3n) is 2.76. The molecular weight excluding hydrogens is 296 g/mol. The quantitative estimate of drug-likeness (QED) is 0.791. The van der Waals surface area contributed by atoms with Crippen molar-refractivity contribution in [3.63, 3.8) is 0 Å². The first kappa shape index (κ1) is 15.0. The summed E-state index contributed by atoms with van der Waals surface area (Å²) < 4.78 is 29.4. The molecule has 5 heteroatoms. The van der Waals surface area contributed by atoms with Crippen LogP contribution in [-0.2, 0) is 20.7 Å². The van der Waals surface area contributed by atoms with Crippen LogP contribution in [0.15, 0.2) is 59.5 Å². The van der Waals surface area contributed by atoms with Crippen LogP contribution in [0.25, 0.3) is 0 Å². The van der Waals surface area contributed by atoms with Crippen molar-refractivity contribution in [2.75, 3.05) is 0 Å². The zero-order valence-electron chi connectivity index (χ0n) is 11.0. The number of hydrogen-bond acceptors (Lipinski definition) is 3. The van der Waals surface area contributed by atoms with Crippen molar-refractivity contribution >= 4 is 21.7 Å². The van der Waals surface area contributed by atoms with E-state index in [4.69, 9.17) is 15.8 Å². The van der Waals surface area contributed by atoms with Crippen LogP contribution in [0.3, 0.4) is 0 Å². The second kappa shape index (κ2) is 6.39. The molecule has 0 N–H and O–H groups in total. The van der Waals surface area contributed by atoms with Crippen molar-refractivity contribution < 1.29 is 12.6 Å². The Labute approximate surface area is 124 Å². The van der Waals surface area contributed by atoms with Crippen molar-refractivity contribution in [3.05, 3.63) is 65.2 Å². The topological polar surface area (TPSA) is 43.4 Å². The Balaban J connectivity index is 2.06. The maximum atomic E-state index is 12.1. The summed E-state index contributed by atoms with van der Waals surface area (Å²) in [7, 11) is -3.76. The first-order valence-electron chi connectivity index (χ1n) is 6.20. The summed E-state index contributed by atoms with van der Waals surface area (Å²) in [5.74, 6) is 0. The molecular formula is C15H15ClO3S. The summed E-state index contributed by atoms with van der Waals surface area (Å²) in [5.41, 5.74) is 1.03. The molecule has 0 spiro atoms. The second-order valence-electron chi connectivity index (χ2n) is 4.50. The van der Waals surface area contributed by atoms with Crippen LogP contribution in [0.1, 0.15) is 12.5 Å². The molecule has 106 valence electrons. The van der Waals surface area contributed by atoms with E-state index in [1.807, 2.05) is 30.3 Å². The van der Waals surface area contributed by atoms with Gasteiger partial charge in [0.15, 0.2) is 0 Å². The summed E-state index contributed by atoms with van der Waals surface area (Å²) in [5, 5.41) is 0.487. The van der Waals surface area contributed by atoms with Crippen LogP contribution in [0.5, 0.6) is 0 Å². The third-order valence-corrected chi connectivity index (χ3v) is 4.44. The van der Waals surface area contributed by atoms with Gasteiger partial charge in [-0.25, -0.2) is 0 Å². The highest BCUT2D eigenvalue weighted by atomic mass is 35.5. The summed E-state index contributed by atoms with van der Waals surface area (Å²) in [4.78, 5) is 0.113. The van der Waals surface area contributed by atoms with Crippen LogP contribution >= 0.6 is 11.6 Å². The van der Waals surface area contributed by atoms with Crippen LogP contribution < -0.4 is 0 Å². The molecule has 1 unspecified atom stereocenters. The molecule has 3 nitrogen and oxygen atoms in total. The molecule has 0 radical (unpaired) electrons. The Bertz CT molecular complexity index is 651. The first-order chi connectivity index (χ1) is 9.47. The van der Waals surface area contributed by atoms with Gasteiger partial charge in [0.1, 0.15) is 0 Å². The Hall–Kier alpha value is -1.36. The van der Waals surface area contributed by atoms with Gasteiger partial charge in [-0.3, -0.25) is 4.18 Å². The van der Waals surface area contributed by atoms with Crippen molar-refractivity contribution in [1.82, 2.24) is 0 Å². The highest BCUT2D eigenvalue weighted by Crippen LogP contribution is 2.18. The van der Waals surface area contributed by atoms with E-state index < -0.39 is 16.2 Å². The summed E-state index contributed by atoms with van der Waals surface area (Å²) in [6, 6.07) is 15.5. The zero-order valence-corrected chi connectivity index (χ0v) is 12.6. The molecule has 0 bridgehead atoms. The normalized spacial score (nSPS) is 13.1. The first-order valence-corrected chi connectivity index (χ1v) is 7.99. The van der Waals surface area contributed by atoms with Gasteiger partial charge < -0.3 is 0 Å². The van der Waals surface area contributed by atoms with E-state index in [-0.39, 0.29) is 4.90 Å². The summed E-state index contributed by atoms with van der Waals surface area (Å²) >= 11 is 5.74. The van der Waals surface area contributed by atoms with Gasteiger partial charge in [0, 0.05) is 5.02 Å². The van der Waals surface area contributed by atoms with Gasteiger partial charge in [0.05, 0.1) is 11.0 Å². The lowest BCUT2D eigenvalue weighted by atomic mass is 10.1. The molecule has 0 aliphatic rings. The van der Waals surface area contributed by atoms with Crippen LogP contribution in [0.4, 0.5) is 0 Å². The fourth-order valence-electron chi connectivity index (χ4n) is 1.85. The van der Waals surface area contributed by atoms with E-state index in [9.17, 15) is 8.42 Å². The van der Waals surface area contributed by atoms with Gasteiger partial charge in [0.2, 0.25) is 0 Å². The van der Waals surface area contributed by atoms with Crippen molar-refractivity contribution in [1.29, 1.82) is 0 Å². The minimum atomic E-state index is -3.76. The molecule has 0 fully saturated rings. The van der Waals surface area contributed by atoms with Crippen molar-refractivity contribution in [2.45, 2.75) is 24.3 Å². The third kappa shape index (κ3) is 4.07. The van der Waals surface area contributed by atoms with E-state index >= 15 is 0 Å². The van der Waals surface area contributed by atoms with Crippen LogP contribution in [0.2, 0.25) is 5.02 Å². The molecule has 0 heterocycles. The highest BCUT2D eigenvalue weighted by molar-refractivity contribution is 7.86. The molecule has 20 heavy (non-hydrogen) atoms. The summed E-state index contributed by atoms with van der Waals surface area (Å²) in [6.07, 6.45) is 0.103. The Morgan fingerprint density at radius 2 is 1.65 bits per heavy atom. The smallest absolute Gasteiger partial charge is 0.263 e. The van der Waals surface area contributed by atoms with E-state index in [0.29, 0.717) is 11.4 Å². The Kier molecular flexibility index (Phi) is 4.81. The van der Waals surface area contributed by atoms with Crippen molar-refractivity contribution in [3.8, 4) is 0 Å². The van der Waals surface area contributed by atoms with E-state index in [1.54, 1.807) is 6.92 Å². The largest absolute Gasteiger partial charge is 0.297 e. The minimum absolute atomic E-state index is 0.113. The molecule has 0 saturated heterocycles. The maximum Gasteiger partial charge on any atom is 0.297 e. The molecule has 0 amide bonds. The van der Waals surface area contributed by atoms with Crippen molar-refractivity contribution in [2.24, 2.45) is 0 Å². The van der Waals surface area contributed by atoms with Crippen LogP contribution in [-0.4, -0.2) is 14.5 Å². The number of halogens is 1. The Morgan fingerprint density at radius 3 is 2.25 bits per heavy atom. The van der Waals surface area contributed by atoms with Gasteiger partial charge in [-0.2, -0.15) is 8.42 Å². The fourth-order valence-corrected chi connectivity index (χ4v) is 3.06. The van der Waals surface area contributed by atoms with Gasteiger partial charge in [-0.1, -0.05) is 41.9 Å². The SMILES string of the molecule is CC(Cc1ccccc1)OS(=O)(=O)c1ccc(Cl)cc1.